The van der Waals surface area contributed by atoms with Crippen molar-refractivity contribution in [2.24, 2.45) is 12.8 Å². The van der Waals surface area contributed by atoms with Crippen LogP contribution >= 0.6 is 23.8 Å². The summed E-state index contributed by atoms with van der Waals surface area (Å²) >= 11 is 10.9. The lowest BCUT2D eigenvalue weighted by atomic mass is 10.2. The molecule has 1 heterocycles. The summed E-state index contributed by atoms with van der Waals surface area (Å²) < 4.78 is 1.84. The Bertz CT molecular complexity index is 581. The monoisotopic (exact) mass is 281 g/mol. The van der Waals surface area contributed by atoms with Crippen molar-refractivity contribution in [1.82, 2.24) is 14.8 Å². The number of hydrogen-bond donors (Lipinski definition) is 2. The molecule has 0 saturated carbocycles. The third-order valence-corrected chi connectivity index (χ3v) is 2.94. The number of halogens is 1. The first-order chi connectivity index (χ1) is 8.58. The Hall–Kier alpha value is -1.66. The maximum atomic E-state index is 5.92. The van der Waals surface area contributed by atoms with E-state index in [0.717, 1.165) is 17.1 Å². The Labute approximate surface area is 115 Å². The first-order valence-electron chi connectivity index (χ1n) is 5.24. The summed E-state index contributed by atoms with van der Waals surface area (Å²) in [5.74, 6) is 0.818. The second-order valence-corrected chi connectivity index (χ2v) is 4.64. The number of nitrogens with two attached hydrogens (primary N) is 1. The van der Waals surface area contributed by atoms with Crippen LogP contribution in [0, 0.1) is 0 Å². The van der Waals surface area contributed by atoms with Gasteiger partial charge in [-0.1, -0.05) is 23.8 Å². The Balaban J connectivity index is 2.19. The highest BCUT2D eigenvalue weighted by molar-refractivity contribution is 7.80. The highest BCUT2D eigenvalue weighted by Crippen LogP contribution is 2.21. The van der Waals surface area contributed by atoms with Crippen LogP contribution in [0.3, 0.4) is 0 Å². The quantitative estimate of drug-likeness (QED) is 0.835. The average molecular weight is 282 g/mol. The Morgan fingerprint density at radius 2 is 2.33 bits per heavy atom. The minimum atomic E-state index is 0.304. The van der Waals surface area contributed by atoms with Gasteiger partial charge in [0.05, 0.1) is 6.54 Å². The van der Waals surface area contributed by atoms with E-state index in [4.69, 9.17) is 29.6 Å². The molecule has 0 radical (unpaired) electrons. The van der Waals surface area contributed by atoms with Crippen molar-refractivity contribution in [2.45, 2.75) is 6.54 Å². The van der Waals surface area contributed by atoms with E-state index in [2.05, 4.69) is 15.5 Å². The van der Waals surface area contributed by atoms with E-state index in [9.17, 15) is 0 Å². The molecule has 0 aliphatic carbocycles. The summed E-state index contributed by atoms with van der Waals surface area (Å²) in [5.41, 5.74) is 7.21. The molecular formula is C11H12ClN5S. The highest BCUT2D eigenvalue weighted by Gasteiger charge is 2.07. The van der Waals surface area contributed by atoms with Gasteiger partial charge in [-0.25, -0.2) is 0 Å². The third-order valence-electron chi connectivity index (χ3n) is 2.49. The Morgan fingerprint density at radius 3 is 2.94 bits per heavy atom. The Kier molecular flexibility index (Phi) is 3.78. The first kappa shape index (κ1) is 12.8. The molecule has 94 valence electrons. The van der Waals surface area contributed by atoms with Crippen molar-refractivity contribution in [1.29, 1.82) is 0 Å². The van der Waals surface area contributed by atoms with Crippen molar-refractivity contribution < 1.29 is 0 Å². The highest BCUT2D eigenvalue weighted by atomic mass is 35.5. The molecule has 0 aliphatic heterocycles. The van der Waals surface area contributed by atoms with Crippen LogP contribution in [0.15, 0.2) is 24.5 Å². The number of nitrogens with one attached hydrogen (secondary N) is 1. The van der Waals surface area contributed by atoms with Gasteiger partial charge in [0.25, 0.3) is 0 Å². The summed E-state index contributed by atoms with van der Waals surface area (Å²) in [7, 11) is 1.88. The summed E-state index contributed by atoms with van der Waals surface area (Å²) in [5, 5.41) is 11.6. The molecule has 5 nitrogen and oxygen atoms in total. The van der Waals surface area contributed by atoms with E-state index in [1.165, 1.54) is 0 Å². The minimum absolute atomic E-state index is 0.304. The second kappa shape index (κ2) is 5.32. The molecule has 18 heavy (non-hydrogen) atoms. The molecule has 0 spiro atoms. The molecule has 2 rings (SSSR count). The summed E-state index contributed by atoms with van der Waals surface area (Å²) in [6, 6.07) is 5.36. The van der Waals surface area contributed by atoms with E-state index in [1.54, 1.807) is 18.5 Å². The molecular weight excluding hydrogens is 270 g/mol. The van der Waals surface area contributed by atoms with Crippen LogP contribution in [0.4, 0.5) is 5.69 Å². The standard InChI is InChI=1S/C11H12ClN5S/c1-17-6-15-16-10(17)5-14-9-3-2-7(12)4-8(9)11(13)18/h2-4,6,14H,5H2,1H3,(H2,13,18). The van der Waals surface area contributed by atoms with Crippen molar-refractivity contribution >= 4 is 34.5 Å². The number of rotatable bonds is 4. The largest absolute Gasteiger partial charge is 0.389 e. The van der Waals surface area contributed by atoms with E-state index >= 15 is 0 Å². The minimum Gasteiger partial charge on any atom is -0.389 e. The van der Waals surface area contributed by atoms with Gasteiger partial charge in [-0.3, -0.25) is 0 Å². The van der Waals surface area contributed by atoms with Crippen LogP contribution in [-0.4, -0.2) is 19.8 Å². The molecule has 0 saturated heterocycles. The van der Waals surface area contributed by atoms with E-state index in [1.807, 2.05) is 17.7 Å². The van der Waals surface area contributed by atoms with Gasteiger partial charge in [0.15, 0.2) is 5.82 Å². The number of benzene rings is 1. The zero-order valence-electron chi connectivity index (χ0n) is 9.72. The zero-order valence-corrected chi connectivity index (χ0v) is 11.3. The third kappa shape index (κ3) is 2.77. The molecule has 0 bridgehead atoms. The van der Waals surface area contributed by atoms with Crippen molar-refractivity contribution in [3.63, 3.8) is 0 Å². The van der Waals surface area contributed by atoms with E-state index in [-0.39, 0.29) is 0 Å². The van der Waals surface area contributed by atoms with Crippen LogP contribution in [0.25, 0.3) is 0 Å². The molecule has 0 fully saturated rings. The summed E-state index contributed by atoms with van der Waals surface area (Å²) in [6.07, 6.45) is 1.65. The predicted octanol–water partition coefficient (Wildman–Crippen LogP) is 1.71. The zero-order chi connectivity index (χ0) is 13.1. The fourth-order valence-electron chi connectivity index (χ4n) is 1.52. The normalized spacial score (nSPS) is 10.3. The van der Waals surface area contributed by atoms with E-state index < -0.39 is 0 Å². The van der Waals surface area contributed by atoms with Gasteiger partial charge in [0.1, 0.15) is 11.3 Å². The van der Waals surface area contributed by atoms with Gasteiger partial charge in [0.2, 0.25) is 0 Å². The SMILES string of the molecule is Cn1cnnc1CNc1ccc(Cl)cc1C(N)=S. The molecule has 3 N–H and O–H groups in total. The first-order valence-corrected chi connectivity index (χ1v) is 6.02. The van der Waals surface area contributed by atoms with Crippen molar-refractivity contribution in [3.8, 4) is 0 Å². The van der Waals surface area contributed by atoms with Gasteiger partial charge in [0, 0.05) is 23.3 Å². The molecule has 1 aromatic carbocycles. The smallest absolute Gasteiger partial charge is 0.151 e. The molecule has 2 aromatic rings. The average Bonchev–Trinajstić information content (AvgIpc) is 2.73. The molecule has 1 aromatic heterocycles. The van der Waals surface area contributed by atoms with Gasteiger partial charge in [-0.05, 0) is 18.2 Å². The number of hydrogen-bond acceptors (Lipinski definition) is 4. The number of aryl methyl sites for hydroxylation is 1. The molecule has 0 atom stereocenters. The lowest BCUT2D eigenvalue weighted by Crippen LogP contribution is -2.14. The lowest BCUT2D eigenvalue weighted by Gasteiger charge is -2.11. The Morgan fingerprint density at radius 1 is 1.56 bits per heavy atom. The second-order valence-electron chi connectivity index (χ2n) is 3.77. The molecule has 0 amide bonds. The fraction of sp³-hybridized carbons (Fsp3) is 0.182. The van der Waals surface area contributed by atoms with Gasteiger partial charge < -0.3 is 15.6 Å². The number of anilines is 1. The topological polar surface area (TPSA) is 68.8 Å². The van der Waals surface area contributed by atoms with Crippen molar-refractivity contribution in [3.05, 3.63) is 40.9 Å². The summed E-state index contributed by atoms with van der Waals surface area (Å²) in [6.45, 7) is 0.535. The number of nitrogens with zero attached hydrogens (tertiary/aromatic N) is 3. The number of thiocarbonyl (C=S) groups is 1. The maximum absolute atomic E-state index is 5.92. The van der Waals surface area contributed by atoms with Crippen LogP contribution in [-0.2, 0) is 13.6 Å². The fourth-order valence-corrected chi connectivity index (χ4v) is 1.86. The summed E-state index contributed by atoms with van der Waals surface area (Å²) in [4.78, 5) is 0.304. The lowest BCUT2D eigenvalue weighted by molar-refractivity contribution is 0.812. The van der Waals surface area contributed by atoms with Crippen LogP contribution < -0.4 is 11.1 Å². The van der Waals surface area contributed by atoms with E-state index in [0.29, 0.717) is 16.6 Å². The van der Waals surface area contributed by atoms with Crippen LogP contribution in [0.1, 0.15) is 11.4 Å². The van der Waals surface area contributed by atoms with Crippen LogP contribution in [0.2, 0.25) is 5.02 Å². The van der Waals surface area contributed by atoms with Crippen LogP contribution in [0.5, 0.6) is 0 Å². The van der Waals surface area contributed by atoms with Gasteiger partial charge in [-0.15, -0.1) is 10.2 Å². The predicted molar refractivity (Wildman–Crippen MR) is 75.7 cm³/mol. The van der Waals surface area contributed by atoms with Crippen molar-refractivity contribution in [2.75, 3.05) is 5.32 Å². The molecule has 7 heteroatoms. The van der Waals surface area contributed by atoms with Gasteiger partial charge in [-0.2, -0.15) is 0 Å². The molecule has 0 aliphatic rings. The maximum Gasteiger partial charge on any atom is 0.151 e. The number of aromatic nitrogens is 3. The van der Waals surface area contributed by atoms with Gasteiger partial charge >= 0.3 is 0 Å². The molecule has 0 unspecified atom stereocenters.